The predicted octanol–water partition coefficient (Wildman–Crippen LogP) is 3.31. The van der Waals surface area contributed by atoms with Crippen molar-refractivity contribution in [2.45, 2.75) is 32.6 Å². The highest BCUT2D eigenvalue weighted by atomic mass is 14.2. The molecule has 0 aromatic heterocycles. The molecule has 0 heterocycles. The Labute approximate surface area is 63.6 Å². The van der Waals surface area contributed by atoms with Gasteiger partial charge in [-0.15, -0.1) is 6.58 Å². The van der Waals surface area contributed by atoms with Gasteiger partial charge in [0.25, 0.3) is 0 Å². The molecule has 0 heteroatoms. The maximum absolute atomic E-state index is 3.69. The monoisotopic (exact) mass is 136 g/mol. The second-order valence-corrected chi connectivity index (χ2v) is 3.08. The van der Waals surface area contributed by atoms with E-state index >= 15 is 0 Å². The summed E-state index contributed by atoms with van der Waals surface area (Å²) in [5, 5.41) is 0. The summed E-state index contributed by atoms with van der Waals surface area (Å²) in [4.78, 5) is 0. The maximum Gasteiger partial charge on any atom is -0.0229 e. The van der Waals surface area contributed by atoms with Crippen LogP contribution >= 0.6 is 0 Å². The molecule has 1 aliphatic carbocycles. The van der Waals surface area contributed by atoms with E-state index in [-0.39, 0.29) is 0 Å². The molecule has 0 N–H and O–H groups in total. The van der Waals surface area contributed by atoms with Crippen LogP contribution in [0.4, 0.5) is 0 Å². The molecule has 0 aromatic carbocycles. The second-order valence-electron chi connectivity index (χ2n) is 3.08. The molecule has 0 aromatic rings. The summed E-state index contributed by atoms with van der Waals surface area (Å²) in [5.74, 6) is 0.879. The molecule has 0 nitrogen and oxygen atoms in total. The molecule has 0 aliphatic heterocycles. The molecule has 0 saturated heterocycles. The summed E-state index contributed by atoms with van der Waals surface area (Å²) >= 11 is 0. The summed E-state index contributed by atoms with van der Waals surface area (Å²) in [6.07, 6.45) is 9.45. The van der Waals surface area contributed by atoms with E-state index in [2.05, 4.69) is 19.6 Å². The first kappa shape index (κ1) is 7.59. The molecule has 1 saturated carbocycles. The summed E-state index contributed by atoms with van der Waals surface area (Å²) in [6, 6.07) is 0. The average Bonchev–Trinajstić information content (AvgIpc) is 1.95. The SMILES string of the molecule is C=CCCC=C1CCC1C. The zero-order chi connectivity index (χ0) is 7.40. The van der Waals surface area contributed by atoms with Crippen LogP contribution in [0.15, 0.2) is 24.3 Å². The fourth-order valence-corrected chi connectivity index (χ4v) is 1.29. The van der Waals surface area contributed by atoms with E-state index in [1.165, 1.54) is 19.3 Å². The first-order chi connectivity index (χ1) is 4.84. The Balaban J connectivity index is 2.19. The topological polar surface area (TPSA) is 0 Å². The zero-order valence-corrected chi connectivity index (χ0v) is 6.77. The smallest absolute Gasteiger partial charge is 0.0229 e. The van der Waals surface area contributed by atoms with Crippen LogP contribution in [0, 0.1) is 5.92 Å². The van der Waals surface area contributed by atoms with Crippen molar-refractivity contribution in [2.24, 2.45) is 5.92 Å². The lowest BCUT2D eigenvalue weighted by atomic mass is 9.80. The third-order valence-electron chi connectivity index (χ3n) is 2.28. The number of unbranched alkanes of at least 4 members (excludes halogenated alkanes) is 1. The molecule has 1 rings (SSSR count). The molecule has 1 unspecified atom stereocenters. The third kappa shape index (κ3) is 1.73. The van der Waals surface area contributed by atoms with E-state index < -0.39 is 0 Å². The van der Waals surface area contributed by atoms with Crippen LogP contribution in [-0.4, -0.2) is 0 Å². The predicted molar refractivity (Wildman–Crippen MR) is 45.9 cm³/mol. The molecular formula is C10H16. The first-order valence-electron chi connectivity index (χ1n) is 4.14. The number of hydrogen-bond donors (Lipinski definition) is 0. The van der Waals surface area contributed by atoms with Gasteiger partial charge in [-0.3, -0.25) is 0 Å². The Hall–Kier alpha value is -0.520. The summed E-state index contributed by atoms with van der Waals surface area (Å²) in [7, 11) is 0. The van der Waals surface area contributed by atoms with Crippen LogP contribution in [0.3, 0.4) is 0 Å². The van der Waals surface area contributed by atoms with Gasteiger partial charge in [0, 0.05) is 0 Å². The molecule has 0 radical (unpaired) electrons. The fourth-order valence-electron chi connectivity index (χ4n) is 1.29. The summed E-state index contributed by atoms with van der Waals surface area (Å²) < 4.78 is 0. The lowest BCUT2D eigenvalue weighted by Gasteiger charge is -2.25. The van der Waals surface area contributed by atoms with Crippen molar-refractivity contribution < 1.29 is 0 Å². The Morgan fingerprint density at radius 1 is 1.60 bits per heavy atom. The summed E-state index contributed by atoms with van der Waals surface area (Å²) in [6.45, 7) is 6.00. The fraction of sp³-hybridized carbons (Fsp3) is 0.600. The van der Waals surface area contributed by atoms with Crippen molar-refractivity contribution in [2.75, 3.05) is 0 Å². The zero-order valence-electron chi connectivity index (χ0n) is 6.77. The first-order valence-corrected chi connectivity index (χ1v) is 4.14. The number of hydrogen-bond acceptors (Lipinski definition) is 0. The maximum atomic E-state index is 3.69. The van der Waals surface area contributed by atoms with E-state index in [4.69, 9.17) is 0 Å². The molecule has 1 fully saturated rings. The third-order valence-corrected chi connectivity index (χ3v) is 2.28. The van der Waals surface area contributed by atoms with Gasteiger partial charge in [0.1, 0.15) is 0 Å². The lowest BCUT2D eigenvalue weighted by Crippen LogP contribution is -2.10. The molecular weight excluding hydrogens is 120 g/mol. The molecule has 10 heavy (non-hydrogen) atoms. The Morgan fingerprint density at radius 2 is 2.40 bits per heavy atom. The quantitative estimate of drug-likeness (QED) is 0.412. The van der Waals surface area contributed by atoms with Gasteiger partial charge in [0.2, 0.25) is 0 Å². The van der Waals surface area contributed by atoms with Crippen molar-refractivity contribution in [3.63, 3.8) is 0 Å². The Bertz CT molecular complexity index is 142. The van der Waals surface area contributed by atoms with Crippen molar-refractivity contribution in [1.82, 2.24) is 0 Å². The van der Waals surface area contributed by atoms with Gasteiger partial charge in [-0.25, -0.2) is 0 Å². The van der Waals surface area contributed by atoms with Crippen molar-refractivity contribution in [3.05, 3.63) is 24.3 Å². The largest absolute Gasteiger partial charge is 0.103 e. The van der Waals surface area contributed by atoms with Crippen LogP contribution < -0.4 is 0 Å². The minimum absolute atomic E-state index is 0.879. The number of rotatable bonds is 3. The minimum atomic E-state index is 0.879. The van der Waals surface area contributed by atoms with Crippen molar-refractivity contribution in [3.8, 4) is 0 Å². The highest BCUT2D eigenvalue weighted by Crippen LogP contribution is 2.32. The van der Waals surface area contributed by atoms with Crippen LogP contribution in [0.5, 0.6) is 0 Å². The van der Waals surface area contributed by atoms with E-state index in [1.54, 1.807) is 5.57 Å². The van der Waals surface area contributed by atoms with Crippen LogP contribution in [-0.2, 0) is 0 Å². The van der Waals surface area contributed by atoms with E-state index in [0.717, 1.165) is 12.3 Å². The molecule has 56 valence electrons. The van der Waals surface area contributed by atoms with Crippen LogP contribution in [0.1, 0.15) is 32.6 Å². The Kier molecular flexibility index (Phi) is 2.73. The van der Waals surface area contributed by atoms with Gasteiger partial charge >= 0.3 is 0 Å². The van der Waals surface area contributed by atoms with Gasteiger partial charge in [-0.1, -0.05) is 24.6 Å². The van der Waals surface area contributed by atoms with Crippen molar-refractivity contribution >= 4 is 0 Å². The number of allylic oxidation sites excluding steroid dienone is 3. The summed E-state index contributed by atoms with van der Waals surface area (Å²) in [5.41, 5.74) is 1.67. The standard InChI is InChI=1S/C10H16/c1-3-4-5-6-10-8-7-9(10)2/h3,6,9H,1,4-5,7-8H2,2H3. The van der Waals surface area contributed by atoms with E-state index in [1.807, 2.05) is 6.08 Å². The highest BCUT2D eigenvalue weighted by Gasteiger charge is 2.17. The van der Waals surface area contributed by atoms with Crippen LogP contribution in [0.2, 0.25) is 0 Å². The lowest BCUT2D eigenvalue weighted by molar-refractivity contribution is 0.480. The average molecular weight is 136 g/mol. The molecule has 0 spiro atoms. The van der Waals surface area contributed by atoms with E-state index in [9.17, 15) is 0 Å². The van der Waals surface area contributed by atoms with Crippen molar-refractivity contribution in [1.29, 1.82) is 0 Å². The normalized spacial score (nSPS) is 28.1. The van der Waals surface area contributed by atoms with Gasteiger partial charge < -0.3 is 0 Å². The van der Waals surface area contributed by atoms with Crippen LogP contribution in [0.25, 0.3) is 0 Å². The van der Waals surface area contributed by atoms with Gasteiger partial charge in [-0.2, -0.15) is 0 Å². The highest BCUT2D eigenvalue weighted by molar-refractivity contribution is 5.13. The van der Waals surface area contributed by atoms with Gasteiger partial charge in [-0.05, 0) is 31.6 Å². The molecule has 0 amide bonds. The molecule has 0 bridgehead atoms. The van der Waals surface area contributed by atoms with Gasteiger partial charge in [0.05, 0.1) is 0 Å². The molecule has 1 atom stereocenters. The second kappa shape index (κ2) is 3.60. The van der Waals surface area contributed by atoms with E-state index in [0.29, 0.717) is 0 Å². The molecule has 1 aliphatic rings. The van der Waals surface area contributed by atoms with Gasteiger partial charge in [0.15, 0.2) is 0 Å². The Morgan fingerprint density at radius 3 is 2.80 bits per heavy atom. The minimum Gasteiger partial charge on any atom is -0.103 e.